The summed E-state index contributed by atoms with van der Waals surface area (Å²) in [6, 6.07) is 0. The molecule has 1 N–H and O–H groups in total. The van der Waals surface area contributed by atoms with Gasteiger partial charge in [-0.15, -0.1) is 0 Å². The minimum Gasteiger partial charge on any atom is -0.393 e. The average molecular weight is 266 g/mol. The molecular formula is C18H34O. The van der Waals surface area contributed by atoms with Crippen LogP contribution >= 0.6 is 0 Å². The maximum Gasteiger partial charge on any atom is 0.0540 e. The molecule has 0 aromatic carbocycles. The summed E-state index contributed by atoms with van der Waals surface area (Å²) in [7, 11) is 0. The van der Waals surface area contributed by atoms with Gasteiger partial charge in [0.2, 0.25) is 0 Å². The highest BCUT2D eigenvalue weighted by molar-refractivity contribution is 4.96. The van der Waals surface area contributed by atoms with Gasteiger partial charge in [0.1, 0.15) is 0 Å². The van der Waals surface area contributed by atoms with E-state index in [1.807, 2.05) is 12.2 Å². The summed E-state index contributed by atoms with van der Waals surface area (Å²) >= 11 is 0. The smallest absolute Gasteiger partial charge is 0.0540 e. The number of allylic oxidation sites excluding steroid dienone is 3. The minimum absolute atomic E-state index is 0.0487. The fourth-order valence-electron chi connectivity index (χ4n) is 2.32. The molecule has 0 aromatic rings. The van der Waals surface area contributed by atoms with E-state index in [4.69, 9.17) is 0 Å². The maximum absolute atomic E-state index is 9.83. The Morgan fingerprint density at radius 1 is 0.895 bits per heavy atom. The van der Waals surface area contributed by atoms with Crippen LogP contribution in [0.3, 0.4) is 0 Å². The van der Waals surface area contributed by atoms with E-state index < -0.39 is 0 Å². The van der Waals surface area contributed by atoms with E-state index in [1.165, 1.54) is 64.2 Å². The Balaban J connectivity index is 3.15. The predicted octanol–water partition coefficient (Wildman–Crippen LogP) is 5.79. The third-order valence-electron chi connectivity index (χ3n) is 3.57. The van der Waals surface area contributed by atoms with E-state index in [9.17, 15) is 5.11 Å². The van der Waals surface area contributed by atoms with E-state index in [0.717, 1.165) is 12.8 Å². The van der Waals surface area contributed by atoms with Crippen LogP contribution in [-0.2, 0) is 0 Å². The van der Waals surface area contributed by atoms with Crippen LogP contribution < -0.4 is 0 Å². The first kappa shape index (κ1) is 18.4. The normalized spacial score (nSPS) is 12.9. The second-order valence-electron chi connectivity index (χ2n) is 5.51. The summed E-state index contributed by atoms with van der Waals surface area (Å²) in [6.45, 7) is 5.88. The highest BCUT2D eigenvalue weighted by atomic mass is 16.3. The standard InChI is InChI=1S/C18H34O/c1-3-5-7-9-10-11-12-13-15-17-18(19)16-14-8-6-4-2/h3,5,7,18-19H,1,4,6,8-17H2,2H3. The molecule has 0 heterocycles. The fraction of sp³-hybridized carbons (Fsp3) is 0.778. The molecule has 0 aromatic heterocycles. The van der Waals surface area contributed by atoms with Gasteiger partial charge in [-0.3, -0.25) is 0 Å². The zero-order valence-electron chi connectivity index (χ0n) is 12.9. The molecule has 0 bridgehead atoms. The van der Waals surface area contributed by atoms with Gasteiger partial charge in [0.05, 0.1) is 6.10 Å². The molecule has 0 fully saturated rings. The van der Waals surface area contributed by atoms with Crippen LogP contribution in [0.2, 0.25) is 0 Å². The van der Waals surface area contributed by atoms with Gasteiger partial charge in [0, 0.05) is 0 Å². The van der Waals surface area contributed by atoms with E-state index >= 15 is 0 Å². The molecule has 0 aliphatic carbocycles. The van der Waals surface area contributed by atoms with Crippen LogP contribution in [0.25, 0.3) is 0 Å². The molecule has 112 valence electrons. The third kappa shape index (κ3) is 15.4. The zero-order chi connectivity index (χ0) is 14.2. The summed E-state index contributed by atoms with van der Waals surface area (Å²) in [5.74, 6) is 0. The van der Waals surface area contributed by atoms with Crippen molar-refractivity contribution >= 4 is 0 Å². The van der Waals surface area contributed by atoms with Gasteiger partial charge in [0.25, 0.3) is 0 Å². The van der Waals surface area contributed by atoms with E-state index in [1.54, 1.807) is 0 Å². The SMILES string of the molecule is C=CC=CCCCCCCCC(O)CCCCCC. The van der Waals surface area contributed by atoms with Crippen molar-refractivity contribution in [3.05, 3.63) is 24.8 Å². The van der Waals surface area contributed by atoms with Crippen LogP contribution in [0, 0.1) is 0 Å². The van der Waals surface area contributed by atoms with E-state index in [0.29, 0.717) is 0 Å². The van der Waals surface area contributed by atoms with Crippen LogP contribution in [-0.4, -0.2) is 11.2 Å². The molecule has 1 heteroatoms. The van der Waals surface area contributed by atoms with Crippen molar-refractivity contribution in [2.45, 2.75) is 90.1 Å². The molecule has 1 unspecified atom stereocenters. The quantitative estimate of drug-likeness (QED) is 0.311. The van der Waals surface area contributed by atoms with Crippen molar-refractivity contribution in [3.8, 4) is 0 Å². The zero-order valence-corrected chi connectivity index (χ0v) is 12.9. The lowest BCUT2D eigenvalue weighted by atomic mass is 10.0. The Bertz CT molecular complexity index is 208. The predicted molar refractivity (Wildman–Crippen MR) is 86.4 cm³/mol. The van der Waals surface area contributed by atoms with Gasteiger partial charge in [-0.25, -0.2) is 0 Å². The van der Waals surface area contributed by atoms with Crippen molar-refractivity contribution in [2.75, 3.05) is 0 Å². The van der Waals surface area contributed by atoms with E-state index in [-0.39, 0.29) is 6.10 Å². The summed E-state index contributed by atoms with van der Waals surface area (Å²) in [5, 5.41) is 9.83. The summed E-state index contributed by atoms with van der Waals surface area (Å²) in [6.07, 6.45) is 20.6. The van der Waals surface area contributed by atoms with Crippen LogP contribution in [0.5, 0.6) is 0 Å². The molecule has 0 rings (SSSR count). The number of aliphatic hydroxyl groups excluding tert-OH is 1. The Morgan fingerprint density at radius 2 is 1.47 bits per heavy atom. The van der Waals surface area contributed by atoms with Crippen molar-refractivity contribution in [1.82, 2.24) is 0 Å². The maximum atomic E-state index is 9.83. The second-order valence-corrected chi connectivity index (χ2v) is 5.51. The Labute approximate surface area is 120 Å². The first-order valence-electron chi connectivity index (χ1n) is 8.26. The molecule has 19 heavy (non-hydrogen) atoms. The first-order chi connectivity index (χ1) is 9.31. The number of unbranched alkanes of at least 4 members (excludes halogenated alkanes) is 8. The molecule has 1 atom stereocenters. The lowest BCUT2D eigenvalue weighted by Gasteiger charge is -2.09. The van der Waals surface area contributed by atoms with Gasteiger partial charge in [-0.05, 0) is 25.7 Å². The van der Waals surface area contributed by atoms with E-state index in [2.05, 4.69) is 19.6 Å². The van der Waals surface area contributed by atoms with Crippen molar-refractivity contribution in [1.29, 1.82) is 0 Å². The molecule has 1 nitrogen and oxygen atoms in total. The van der Waals surface area contributed by atoms with Crippen molar-refractivity contribution in [3.63, 3.8) is 0 Å². The lowest BCUT2D eigenvalue weighted by Crippen LogP contribution is -2.05. The highest BCUT2D eigenvalue weighted by Gasteiger charge is 2.03. The van der Waals surface area contributed by atoms with Gasteiger partial charge in [0.15, 0.2) is 0 Å². The van der Waals surface area contributed by atoms with Gasteiger partial charge < -0.3 is 5.11 Å². The molecular weight excluding hydrogens is 232 g/mol. The molecule has 0 aliphatic heterocycles. The van der Waals surface area contributed by atoms with Crippen LogP contribution in [0.1, 0.15) is 84.0 Å². The molecule has 0 spiro atoms. The Hall–Kier alpha value is -0.560. The Kier molecular flexibility index (Phi) is 15.0. The molecule has 0 radical (unpaired) electrons. The first-order valence-corrected chi connectivity index (χ1v) is 8.26. The van der Waals surface area contributed by atoms with Gasteiger partial charge >= 0.3 is 0 Å². The second kappa shape index (κ2) is 15.5. The summed E-state index contributed by atoms with van der Waals surface area (Å²) in [4.78, 5) is 0. The van der Waals surface area contributed by atoms with Crippen molar-refractivity contribution < 1.29 is 5.11 Å². The largest absolute Gasteiger partial charge is 0.393 e. The molecule has 0 saturated heterocycles. The fourth-order valence-corrected chi connectivity index (χ4v) is 2.32. The molecule has 0 saturated carbocycles. The monoisotopic (exact) mass is 266 g/mol. The number of hydrogen-bond donors (Lipinski definition) is 1. The number of rotatable bonds is 14. The highest BCUT2D eigenvalue weighted by Crippen LogP contribution is 2.13. The number of hydrogen-bond acceptors (Lipinski definition) is 1. The average Bonchev–Trinajstić information content (AvgIpc) is 2.42. The van der Waals surface area contributed by atoms with Crippen LogP contribution in [0.15, 0.2) is 24.8 Å². The Morgan fingerprint density at radius 3 is 2.11 bits per heavy atom. The molecule has 0 aliphatic rings. The number of aliphatic hydroxyl groups is 1. The van der Waals surface area contributed by atoms with Crippen molar-refractivity contribution in [2.24, 2.45) is 0 Å². The molecule has 0 amide bonds. The van der Waals surface area contributed by atoms with Gasteiger partial charge in [-0.2, -0.15) is 0 Å². The van der Waals surface area contributed by atoms with Crippen LogP contribution in [0.4, 0.5) is 0 Å². The van der Waals surface area contributed by atoms with Gasteiger partial charge in [-0.1, -0.05) is 83.1 Å². The lowest BCUT2D eigenvalue weighted by molar-refractivity contribution is 0.147. The summed E-state index contributed by atoms with van der Waals surface area (Å²) in [5.41, 5.74) is 0. The summed E-state index contributed by atoms with van der Waals surface area (Å²) < 4.78 is 0. The third-order valence-corrected chi connectivity index (χ3v) is 3.57. The minimum atomic E-state index is -0.0487. The topological polar surface area (TPSA) is 20.2 Å².